The smallest absolute Gasteiger partial charge is 0.0556 e. The van der Waals surface area contributed by atoms with E-state index >= 15 is 0 Å². The van der Waals surface area contributed by atoms with E-state index in [1.165, 1.54) is 4.90 Å². The van der Waals surface area contributed by atoms with Gasteiger partial charge in [-0.2, -0.15) is 0 Å². The lowest BCUT2D eigenvalue weighted by atomic mass is 10.2. The van der Waals surface area contributed by atoms with Gasteiger partial charge in [0.15, 0.2) is 0 Å². The molecule has 1 aromatic rings. The molecule has 0 radical (unpaired) electrons. The Balaban J connectivity index is 2.72. The van der Waals surface area contributed by atoms with E-state index in [-0.39, 0.29) is 0 Å². The SMILES string of the molecule is COCCSc1cc(C)c(N)cc1Br. The fraction of sp³-hybridized carbons (Fsp3) is 0.400. The van der Waals surface area contributed by atoms with Crippen LogP contribution >= 0.6 is 27.7 Å². The summed E-state index contributed by atoms with van der Waals surface area (Å²) in [6, 6.07) is 4.05. The van der Waals surface area contributed by atoms with Crippen molar-refractivity contribution in [2.24, 2.45) is 0 Å². The molecule has 0 amide bonds. The third kappa shape index (κ3) is 3.19. The van der Waals surface area contributed by atoms with E-state index in [0.717, 1.165) is 28.1 Å². The predicted octanol–water partition coefficient (Wildman–Crippen LogP) is 3.08. The monoisotopic (exact) mass is 275 g/mol. The maximum Gasteiger partial charge on any atom is 0.0556 e. The molecule has 0 unspecified atom stereocenters. The minimum absolute atomic E-state index is 0.764. The van der Waals surface area contributed by atoms with Crippen LogP contribution in [0.2, 0.25) is 0 Å². The third-order valence-electron chi connectivity index (χ3n) is 1.87. The maximum absolute atomic E-state index is 5.78. The molecule has 0 spiro atoms. The van der Waals surface area contributed by atoms with E-state index in [1.54, 1.807) is 18.9 Å². The van der Waals surface area contributed by atoms with Crippen LogP contribution in [0.3, 0.4) is 0 Å². The molecule has 0 saturated heterocycles. The van der Waals surface area contributed by atoms with Crippen molar-refractivity contribution in [1.29, 1.82) is 0 Å². The van der Waals surface area contributed by atoms with Gasteiger partial charge in [-0.3, -0.25) is 0 Å². The van der Waals surface area contributed by atoms with Gasteiger partial charge in [0, 0.05) is 27.9 Å². The summed E-state index contributed by atoms with van der Waals surface area (Å²) < 4.78 is 6.05. The lowest BCUT2D eigenvalue weighted by molar-refractivity contribution is 0.218. The van der Waals surface area contributed by atoms with Crippen molar-refractivity contribution in [3.63, 3.8) is 0 Å². The van der Waals surface area contributed by atoms with Crippen molar-refractivity contribution in [1.82, 2.24) is 0 Å². The zero-order valence-electron chi connectivity index (χ0n) is 8.34. The Kier molecular flexibility index (Phi) is 4.78. The van der Waals surface area contributed by atoms with Crippen LogP contribution in [0, 0.1) is 6.92 Å². The summed E-state index contributed by atoms with van der Waals surface area (Å²) in [4.78, 5) is 1.22. The molecule has 2 nitrogen and oxygen atoms in total. The predicted molar refractivity (Wildman–Crippen MR) is 65.9 cm³/mol. The molecule has 0 aliphatic heterocycles. The molecule has 0 saturated carbocycles. The van der Waals surface area contributed by atoms with Crippen LogP contribution in [0.25, 0.3) is 0 Å². The molecule has 1 rings (SSSR count). The number of anilines is 1. The maximum atomic E-state index is 5.78. The quantitative estimate of drug-likeness (QED) is 0.521. The summed E-state index contributed by atoms with van der Waals surface area (Å²) in [5.41, 5.74) is 7.73. The van der Waals surface area contributed by atoms with Crippen LogP contribution in [0.5, 0.6) is 0 Å². The highest BCUT2D eigenvalue weighted by molar-refractivity contribution is 9.10. The largest absolute Gasteiger partial charge is 0.398 e. The van der Waals surface area contributed by atoms with Crippen molar-refractivity contribution in [3.05, 3.63) is 22.2 Å². The molecule has 4 heteroatoms. The first-order valence-electron chi connectivity index (χ1n) is 4.32. The van der Waals surface area contributed by atoms with Crippen molar-refractivity contribution >= 4 is 33.4 Å². The van der Waals surface area contributed by atoms with Gasteiger partial charge in [0.05, 0.1) is 6.61 Å². The number of thioether (sulfide) groups is 1. The molecule has 0 aliphatic carbocycles. The highest BCUT2D eigenvalue weighted by Crippen LogP contribution is 2.31. The van der Waals surface area contributed by atoms with Crippen molar-refractivity contribution in [2.45, 2.75) is 11.8 Å². The lowest BCUT2D eigenvalue weighted by Crippen LogP contribution is -1.94. The molecular weight excluding hydrogens is 262 g/mol. The number of nitrogens with two attached hydrogens (primary N) is 1. The molecule has 78 valence electrons. The number of hydrogen-bond donors (Lipinski definition) is 1. The number of nitrogen functional groups attached to an aromatic ring is 1. The fourth-order valence-electron chi connectivity index (χ4n) is 1.02. The van der Waals surface area contributed by atoms with Crippen molar-refractivity contribution in [3.8, 4) is 0 Å². The van der Waals surface area contributed by atoms with Gasteiger partial charge in [-0.25, -0.2) is 0 Å². The molecule has 0 aromatic heterocycles. The molecule has 14 heavy (non-hydrogen) atoms. The number of rotatable bonds is 4. The van der Waals surface area contributed by atoms with Crippen LogP contribution in [0.4, 0.5) is 5.69 Å². The summed E-state index contributed by atoms with van der Waals surface area (Å²) in [5.74, 6) is 0.957. The van der Waals surface area contributed by atoms with Gasteiger partial charge in [0.1, 0.15) is 0 Å². The number of benzene rings is 1. The summed E-state index contributed by atoms with van der Waals surface area (Å²) in [5, 5.41) is 0. The molecule has 0 atom stereocenters. The van der Waals surface area contributed by atoms with Crippen molar-refractivity contribution < 1.29 is 4.74 Å². The van der Waals surface area contributed by atoms with Crippen LogP contribution < -0.4 is 5.73 Å². The van der Waals surface area contributed by atoms with Gasteiger partial charge in [-0.05, 0) is 40.5 Å². The molecule has 2 N–H and O–H groups in total. The van der Waals surface area contributed by atoms with E-state index in [2.05, 4.69) is 22.0 Å². The zero-order chi connectivity index (χ0) is 10.6. The van der Waals surface area contributed by atoms with Gasteiger partial charge in [0.25, 0.3) is 0 Å². The number of aryl methyl sites for hydroxylation is 1. The molecule has 0 fully saturated rings. The number of halogens is 1. The number of methoxy groups -OCH3 is 1. The minimum atomic E-state index is 0.764. The first-order valence-corrected chi connectivity index (χ1v) is 6.10. The van der Waals surface area contributed by atoms with Crippen LogP contribution in [-0.4, -0.2) is 19.5 Å². The Labute approximate surface area is 97.3 Å². The van der Waals surface area contributed by atoms with Gasteiger partial charge < -0.3 is 10.5 Å². The van der Waals surface area contributed by atoms with Crippen LogP contribution in [-0.2, 0) is 4.74 Å². The second-order valence-electron chi connectivity index (χ2n) is 2.98. The number of ether oxygens (including phenoxy) is 1. The Hall–Kier alpha value is -0.190. The second kappa shape index (κ2) is 5.63. The van der Waals surface area contributed by atoms with Crippen LogP contribution in [0.1, 0.15) is 5.56 Å². The van der Waals surface area contributed by atoms with Gasteiger partial charge in [0.2, 0.25) is 0 Å². The minimum Gasteiger partial charge on any atom is -0.398 e. The summed E-state index contributed by atoms with van der Waals surface area (Å²) in [7, 11) is 1.71. The van der Waals surface area contributed by atoms with Gasteiger partial charge in [-0.1, -0.05) is 0 Å². The Morgan fingerprint density at radius 1 is 1.50 bits per heavy atom. The van der Waals surface area contributed by atoms with Crippen LogP contribution in [0.15, 0.2) is 21.5 Å². The topological polar surface area (TPSA) is 35.2 Å². The molecule has 1 aromatic carbocycles. The first kappa shape index (κ1) is 11.9. The summed E-state index contributed by atoms with van der Waals surface area (Å²) in [6.07, 6.45) is 0. The normalized spacial score (nSPS) is 10.5. The number of hydrogen-bond acceptors (Lipinski definition) is 3. The van der Waals surface area contributed by atoms with E-state index < -0.39 is 0 Å². The van der Waals surface area contributed by atoms with E-state index in [1.807, 2.05) is 13.0 Å². The van der Waals surface area contributed by atoms with E-state index in [9.17, 15) is 0 Å². The van der Waals surface area contributed by atoms with E-state index in [4.69, 9.17) is 10.5 Å². The lowest BCUT2D eigenvalue weighted by Gasteiger charge is -2.07. The highest BCUT2D eigenvalue weighted by Gasteiger charge is 2.03. The molecule has 0 heterocycles. The third-order valence-corrected chi connectivity index (χ3v) is 3.80. The van der Waals surface area contributed by atoms with E-state index in [0.29, 0.717) is 0 Å². The Morgan fingerprint density at radius 3 is 2.86 bits per heavy atom. The van der Waals surface area contributed by atoms with Crippen molar-refractivity contribution in [2.75, 3.05) is 25.2 Å². The standard InChI is InChI=1S/C10H14BrNOS/c1-7-5-10(14-4-3-13-2)8(11)6-9(7)12/h5-6H,3-4,12H2,1-2H3. The fourth-order valence-corrected chi connectivity index (χ4v) is 2.65. The van der Waals surface area contributed by atoms with Gasteiger partial charge >= 0.3 is 0 Å². The first-order chi connectivity index (χ1) is 6.65. The summed E-state index contributed by atoms with van der Waals surface area (Å²) >= 11 is 5.26. The highest BCUT2D eigenvalue weighted by atomic mass is 79.9. The molecular formula is C10H14BrNOS. The Bertz CT molecular complexity index is 317. The molecule has 0 aliphatic rings. The zero-order valence-corrected chi connectivity index (χ0v) is 10.7. The summed E-state index contributed by atoms with van der Waals surface area (Å²) in [6.45, 7) is 2.78. The molecule has 0 bridgehead atoms. The average Bonchev–Trinajstić information content (AvgIpc) is 2.14. The average molecular weight is 276 g/mol. The second-order valence-corrected chi connectivity index (χ2v) is 4.97. The Morgan fingerprint density at radius 2 is 2.21 bits per heavy atom. The van der Waals surface area contributed by atoms with Gasteiger partial charge in [-0.15, -0.1) is 11.8 Å².